The summed E-state index contributed by atoms with van der Waals surface area (Å²) in [4.78, 5) is 0. The van der Waals surface area contributed by atoms with E-state index in [2.05, 4.69) is 24.9 Å². The molecule has 17 heavy (non-hydrogen) atoms. The van der Waals surface area contributed by atoms with Gasteiger partial charge in [-0.05, 0) is 74.7 Å². The van der Waals surface area contributed by atoms with E-state index < -0.39 is 0 Å². The van der Waals surface area contributed by atoms with Crippen LogP contribution in [0.4, 0.5) is 0 Å². The molecule has 1 nitrogen and oxygen atoms in total. The van der Waals surface area contributed by atoms with E-state index in [1.54, 1.807) is 19.3 Å². The van der Waals surface area contributed by atoms with Gasteiger partial charge in [-0.15, -0.1) is 6.58 Å². The second-order valence-corrected chi connectivity index (χ2v) is 6.49. The van der Waals surface area contributed by atoms with Gasteiger partial charge in [0.15, 0.2) is 0 Å². The first kappa shape index (κ1) is 11.8. The highest BCUT2D eigenvalue weighted by molar-refractivity contribution is 5.15. The highest BCUT2D eigenvalue weighted by Crippen LogP contribution is 2.70. The predicted molar refractivity (Wildman–Crippen MR) is 72.8 cm³/mol. The zero-order valence-electron chi connectivity index (χ0n) is 11.2. The van der Waals surface area contributed by atoms with E-state index in [1.807, 2.05) is 0 Å². The number of allylic oxidation sites excluding steroid dienone is 1. The van der Waals surface area contributed by atoms with Gasteiger partial charge in [-0.25, -0.2) is 0 Å². The Bertz CT molecular complexity index is 269. The molecule has 3 rings (SSSR count). The van der Waals surface area contributed by atoms with Crippen LogP contribution in [-0.4, -0.2) is 12.6 Å². The summed E-state index contributed by atoms with van der Waals surface area (Å²) in [7, 11) is 0. The van der Waals surface area contributed by atoms with Crippen molar-refractivity contribution in [2.45, 2.75) is 51.5 Å². The van der Waals surface area contributed by atoms with Gasteiger partial charge >= 0.3 is 0 Å². The lowest BCUT2D eigenvalue weighted by molar-refractivity contribution is 0.350. The van der Waals surface area contributed by atoms with Crippen LogP contribution in [0.2, 0.25) is 0 Å². The third kappa shape index (κ3) is 1.97. The first-order valence-electron chi connectivity index (χ1n) is 7.71. The molecule has 0 aromatic carbocycles. The average molecular weight is 233 g/mol. The summed E-state index contributed by atoms with van der Waals surface area (Å²) >= 11 is 0. The van der Waals surface area contributed by atoms with Crippen LogP contribution in [0.15, 0.2) is 12.7 Å². The molecule has 0 spiro atoms. The third-order valence-electron chi connectivity index (χ3n) is 5.60. The largest absolute Gasteiger partial charge is 0.314 e. The first-order chi connectivity index (χ1) is 8.36. The fraction of sp³-hybridized carbons (Fsp3) is 0.875. The maximum atomic E-state index is 3.88. The lowest BCUT2D eigenvalue weighted by Gasteiger charge is -2.21. The van der Waals surface area contributed by atoms with Crippen molar-refractivity contribution in [3.63, 3.8) is 0 Å². The number of hydrogen-bond acceptors (Lipinski definition) is 1. The van der Waals surface area contributed by atoms with Crippen LogP contribution >= 0.6 is 0 Å². The van der Waals surface area contributed by atoms with Crippen molar-refractivity contribution in [3.8, 4) is 0 Å². The minimum absolute atomic E-state index is 0.798. The van der Waals surface area contributed by atoms with Crippen LogP contribution < -0.4 is 5.32 Å². The molecule has 3 aliphatic rings. The maximum absolute atomic E-state index is 3.88. The molecule has 0 aromatic rings. The van der Waals surface area contributed by atoms with E-state index in [1.165, 1.54) is 25.8 Å². The Morgan fingerprint density at radius 3 is 2.59 bits per heavy atom. The van der Waals surface area contributed by atoms with E-state index in [9.17, 15) is 0 Å². The Morgan fingerprint density at radius 1 is 1.29 bits per heavy atom. The highest BCUT2D eigenvalue weighted by atomic mass is 14.9. The van der Waals surface area contributed by atoms with Crippen molar-refractivity contribution in [3.05, 3.63) is 12.7 Å². The van der Waals surface area contributed by atoms with E-state index in [0.29, 0.717) is 0 Å². The number of nitrogens with one attached hydrogen (secondary N) is 1. The second kappa shape index (κ2) is 4.76. The first-order valence-corrected chi connectivity index (χ1v) is 7.71. The van der Waals surface area contributed by atoms with Gasteiger partial charge in [-0.3, -0.25) is 0 Å². The number of hydrogen-bond donors (Lipinski definition) is 1. The van der Waals surface area contributed by atoms with Crippen molar-refractivity contribution in [2.24, 2.45) is 29.6 Å². The molecule has 0 aliphatic heterocycles. The fourth-order valence-electron chi connectivity index (χ4n) is 4.99. The van der Waals surface area contributed by atoms with E-state index in [-0.39, 0.29) is 0 Å². The molecule has 3 saturated carbocycles. The molecule has 0 saturated heterocycles. The summed E-state index contributed by atoms with van der Waals surface area (Å²) in [6.07, 6.45) is 10.5. The van der Waals surface area contributed by atoms with Gasteiger partial charge in [0.05, 0.1) is 0 Å². The van der Waals surface area contributed by atoms with E-state index in [0.717, 1.165) is 35.6 Å². The molecule has 0 aromatic heterocycles. The standard InChI is InChI=1S/C16H27N/c1-3-5-6-13(17-9-4-2)16-14-11-7-8-12(10-11)15(14)16/h3,11-17H,1,4-10H2,2H3. The SMILES string of the molecule is C=CCCC(NCCC)C1C2C3CCC(C3)C21. The van der Waals surface area contributed by atoms with Crippen molar-refractivity contribution >= 4 is 0 Å². The lowest BCUT2D eigenvalue weighted by Crippen LogP contribution is -2.33. The normalized spacial score (nSPS) is 43.5. The van der Waals surface area contributed by atoms with Crippen molar-refractivity contribution in [1.82, 2.24) is 5.32 Å². The van der Waals surface area contributed by atoms with Crippen LogP contribution in [-0.2, 0) is 0 Å². The Kier molecular flexibility index (Phi) is 3.30. The van der Waals surface area contributed by atoms with Gasteiger partial charge in [0.2, 0.25) is 0 Å². The van der Waals surface area contributed by atoms with Crippen molar-refractivity contribution < 1.29 is 0 Å². The minimum atomic E-state index is 0.798. The fourth-order valence-corrected chi connectivity index (χ4v) is 4.99. The highest BCUT2D eigenvalue weighted by Gasteiger charge is 2.66. The molecular weight excluding hydrogens is 206 g/mol. The van der Waals surface area contributed by atoms with Crippen molar-refractivity contribution in [2.75, 3.05) is 6.54 Å². The molecule has 5 unspecified atom stereocenters. The summed E-state index contributed by atoms with van der Waals surface area (Å²) < 4.78 is 0. The van der Waals surface area contributed by atoms with Gasteiger partial charge in [0.1, 0.15) is 0 Å². The molecule has 96 valence electrons. The van der Waals surface area contributed by atoms with Crippen LogP contribution in [0.25, 0.3) is 0 Å². The van der Waals surface area contributed by atoms with Gasteiger partial charge in [-0.2, -0.15) is 0 Å². The molecule has 0 amide bonds. The minimum Gasteiger partial charge on any atom is -0.314 e. The maximum Gasteiger partial charge on any atom is 0.0104 e. The van der Waals surface area contributed by atoms with Gasteiger partial charge < -0.3 is 5.32 Å². The summed E-state index contributed by atoms with van der Waals surface area (Å²) in [5.74, 6) is 5.50. The zero-order valence-corrected chi connectivity index (χ0v) is 11.2. The second-order valence-electron chi connectivity index (χ2n) is 6.49. The quantitative estimate of drug-likeness (QED) is 0.662. The Morgan fingerprint density at radius 2 is 2.00 bits per heavy atom. The van der Waals surface area contributed by atoms with Gasteiger partial charge in [-0.1, -0.05) is 13.0 Å². The monoisotopic (exact) mass is 233 g/mol. The molecule has 3 aliphatic carbocycles. The Balaban J connectivity index is 1.59. The number of rotatable bonds is 7. The summed E-state index contributed by atoms with van der Waals surface area (Å²) in [6, 6.07) is 0.798. The smallest absolute Gasteiger partial charge is 0.0104 e. The van der Waals surface area contributed by atoms with Crippen LogP contribution in [0.3, 0.4) is 0 Å². The van der Waals surface area contributed by atoms with Crippen molar-refractivity contribution in [1.29, 1.82) is 0 Å². The average Bonchev–Trinajstić information content (AvgIpc) is 2.79. The molecule has 3 fully saturated rings. The zero-order chi connectivity index (χ0) is 11.8. The topological polar surface area (TPSA) is 12.0 Å². The summed E-state index contributed by atoms with van der Waals surface area (Å²) in [6.45, 7) is 7.35. The lowest BCUT2D eigenvalue weighted by atomic mass is 9.94. The Hall–Kier alpha value is -0.300. The molecule has 2 bridgehead atoms. The molecular formula is C16H27N. The molecule has 0 radical (unpaired) electrons. The summed E-state index contributed by atoms with van der Waals surface area (Å²) in [5.41, 5.74) is 0. The predicted octanol–water partition coefficient (Wildman–Crippen LogP) is 3.61. The van der Waals surface area contributed by atoms with E-state index in [4.69, 9.17) is 0 Å². The van der Waals surface area contributed by atoms with Crippen LogP contribution in [0.5, 0.6) is 0 Å². The van der Waals surface area contributed by atoms with Crippen LogP contribution in [0, 0.1) is 29.6 Å². The number of fused-ring (bicyclic) bond motifs is 5. The van der Waals surface area contributed by atoms with Gasteiger partial charge in [0.25, 0.3) is 0 Å². The summed E-state index contributed by atoms with van der Waals surface area (Å²) in [5, 5.41) is 3.82. The molecule has 1 N–H and O–H groups in total. The third-order valence-corrected chi connectivity index (χ3v) is 5.60. The van der Waals surface area contributed by atoms with E-state index >= 15 is 0 Å². The van der Waals surface area contributed by atoms with Crippen LogP contribution in [0.1, 0.15) is 45.4 Å². The van der Waals surface area contributed by atoms with Gasteiger partial charge in [0, 0.05) is 6.04 Å². The molecule has 1 heteroatoms. The molecule has 5 atom stereocenters. The Labute approximate surface area is 106 Å². The molecule has 0 heterocycles.